The summed E-state index contributed by atoms with van der Waals surface area (Å²) in [6, 6.07) is 8.29. The maximum absolute atomic E-state index is 12.9. The molecule has 0 saturated heterocycles. The molecule has 2 unspecified atom stereocenters. The van der Waals surface area contributed by atoms with Crippen LogP contribution in [0.15, 0.2) is 41.3 Å². The fourth-order valence-corrected chi connectivity index (χ4v) is 3.13. The molecule has 0 fully saturated rings. The molecule has 0 spiro atoms. The van der Waals surface area contributed by atoms with Crippen molar-refractivity contribution >= 4 is 28.6 Å². The molecule has 1 aromatic carbocycles. The summed E-state index contributed by atoms with van der Waals surface area (Å²) >= 11 is 5.74. The molecule has 2 rings (SSSR count). The van der Waals surface area contributed by atoms with Crippen molar-refractivity contribution < 1.29 is 18.0 Å². The summed E-state index contributed by atoms with van der Waals surface area (Å²) < 4.78 is 38.8. The van der Waals surface area contributed by atoms with E-state index < -0.39 is 22.6 Å². The second-order valence-electron chi connectivity index (χ2n) is 3.82. The number of thioether (sulfide) groups is 1. The first-order chi connectivity index (χ1) is 8.39. The lowest BCUT2D eigenvalue weighted by atomic mass is 9.95. The average Bonchev–Trinajstić information content (AvgIpc) is 2.74. The van der Waals surface area contributed by atoms with Gasteiger partial charge in [0.05, 0.1) is 4.91 Å². The van der Waals surface area contributed by atoms with Crippen LogP contribution in [0.4, 0.5) is 13.2 Å². The van der Waals surface area contributed by atoms with Crippen LogP contribution in [0.3, 0.4) is 0 Å². The van der Waals surface area contributed by atoms with Gasteiger partial charge in [0.2, 0.25) is 0 Å². The molecule has 1 aliphatic heterocycles. The molecule has 1 heterocycles. The molecule has 96 valence electrons. The topological polar surface area (TPSA) is 17.1 Å². The summed E-state index contributed by atoms with van der Waals surface area (Å²) in [5.74, 6) is -0.867. The van der Waals surface area contributed by atoms with Crippen molar-refractivity contribution in [2.75, 3.05) is 0 Å². The number of carbonyl (C=O) groups excluding carboxylic acids is 1. The van der Waals surface area contributed by atoms with Crippen LogP contribution < -0.4 is 0 Å². The smallest absolute Gasteiger partial charge is 0.275 e. The van der Waals surface area contributed by atoms with Crippen molar-refractivity contribution in [3.63, 3.8) is 0 Å². The van der Waals surface area contributed by atoms with Crippen molar-refractivity contribution in [1.82, 2.24) is 0 Å². The van der Waals surface area contributed by atoms with Crippen molar-refractivity contribution in [3.05, 3.63) is 46.9 Å². The molecule has 0 bridgehead atoms. The number of rotatable bonds is 2. The minimum Gasteiger partial charge on any atom is -0.275 e. The number of hydrogen-bond donors (Lipinski definition) is 0. The molecule has 0 saturated carbocycles. The van der Waals surface area contributed by atoms with Crippen LogP contribution in [0.5, 0.6) is 0 Å². The Morgan fingerprint density at radius 3 is 2.33 bits per heavy atom. The van der Waals surface area contributed by atoms with Crippen molar-refractivity contribution in [1.29, 1.82) is 0 Å². The van der Waals surface area contributed by atoms with E-state index in [1.54, 1.807) is 30.3 Å². The largest absolute Gasteiger partial charge is 0.401 e. The van der Waals surface area contributed by atoms with Crippen molar-refractivity contribution in [2.45, 2.75) is 17.3 Å². The van der Waals surface area contributed by atoms with Crippen LogP contribution in [0.2, 0.25) is 0 Å². The molecule has 18 heavy (non-hydrogen) atoms. The lowest BCUT2D eigenvalue weighted by Gasteiger charge is -2.21. The van der Waals surface area contributed by atoms with E-state index in [1.165, 1.54) is 6.08 Å². The number of hydrogen-bond acceptors (Lipinski definition) is 2. The van der Waals surface area contributed by atoms with E-state index >= 15 is 0 Å². The highest BCUT2D eigenvalue weighted by Gasteiger charge is 2.49. The highest BCUT2D eigenvalue weighted by Crippen LogP contribution is 2.49. The number of carbonyl (C=O) groups is 1. The Morgan fingerprint density at radius 1 is 1.22 bits per heavy atom. The molecular formula is C12H8ClF3OS. The van der Waals surface area contributed by atoms with Crippen molar-refractivity contribution in [3.8, 4) is 0 Å². The van der Waals surface area contributed by atoms with E-state index in [0.717, 1.165) is 0 Å². The number of benzene rings is 1. The molecule has 1 aromatic rings. The maximum atomic E-state index is 12.9. The fourth-order valence-electron chi connectivity index (χ4n) is 1.83. The molecular weight excluding hydrogens is 285 g/mol. The van der Waals surface area contributed by atoms with Gasteiger partial charge in [0, 0.05) is 5.92 Å². The van der Waals surface area contributed by atoms with Gasteiger partial charge in [-0.3, -0.25) is 4.79 Å². The first-order valence-electron chi connectivity index (χ1n) is 5.09. The molecule has 0 radical (unpaired) electrons. The monoisotopic (exact) mass is 292 g/mol. The Morgan fingerprint density at radius 2 is 1.83 bits per heavy atom. The SMILES string of the molecule is O=C(Cl)C1=CC(c2ccccc2)C(C(F)(F)F)S1. The summed E-state index contributed by atoms with van der Waals surface area (Å²) in [5, 5.41) is -2.50. The maximum Gasteiger partial charge on any atom is 0.401 e. The second-order valence-corrected chi connectivity index (χ2v) is 5.35. The third-order valence-corrected chi connectivity index (χ3v) is 4.32. The zero-order chi connectivity index (χ0) is 13.3. The Hall–Kier alpha value is -0.940. The van der Waals surface area contributed by atoms with Crippen LogP contribution in [0.1, 0.15) is 11.5 Å². The molecule has 2 atom stereocenters. The Balaban J connectivity index is 2.37. The standard InChI is InChI=1S/C12H8ClF3OS/c13-11(17)9-6-8(7-4-2-1-3-5-7)10(18-9)12(14,15)16/h1-6,8,10H. The van der Waals surface area contributed by atoms with Crippen LogP contribution in [-0.2, 0) is 4.79 Å². The highest BCUT2D eigenvalue weighted by atomic mass is 35.5. The van der Waals surface area contributed by atoms with Gasteiger partial charge in [0.1, 0.15) is 5.25 Å². The minimum absolute atomic E-state index is 0.0344. The van der Waals surface area contributed by atoms with E-state index in [2.05, 4.69) is 0 Å². The Bertz CT molecular complexity index is 484. The Labute approximate surface area is 111 Å². The summed E-state index contributed by atoms with van der Waals surface area (Å²) in [6.07, 6.45) is -3.08. The summed E-state index contributed by atoms with van der Waals surface area (Å²) in [7, 11) is 0. The first kappa shape index (κ1) is 13.5. The van der Waals surface area contributed by atoms with Crippen LogP contribution in [-0.4, -0.2) is 16.7 Å². The van der Waals surface area contributed by atoms with E-state index in [9.17, 15) is 18.0 Å². The molecule has 0 aliphatic carbocycles. The lowest BCUT2D eigenvalue weighted by molar-refractivity contribution is -0.130. The lowest BCUT2D eigenvalue weighted by Crippen LogP contribution is -2.29. The zero-order valence-electron chi connectivity index (χ0n) is 8.95. The molecule has 0 N–H and O–H groups in total. The molecule has 1 nitrogen and oxygen atoms in total. The van der Waals surface area contributed by atoms with Crippen molar-refractivity contribution in [2.24, 2.45) is 0 Å². The van der Waals surface area contributed by atoms with Gasteiger partial charge in [-0.1, -0.05) is 36.4 Å². The first-order valence-corrected chi connectivity index (χ1v) is 6.35. The predicted octanol–water partition coefficient (Wildman–Crippen LogP) is 4.10. The predicted molar refractivity (Wildman–Crippen MR) is 65.6 cm³/mol. The van der Waals surface area contributed by atoms with Gasteiger partial charge in [0.15, 0.2) is 0 Å². The normalized spacial score (nSPS) is 23.9. The molecule has 6 heteroatoms. The van der Waals surface area contributed by atoms with Gasteiger partial charge < -0.3 is 0 Å². The van der Waals surface area contributed by atoms with Crippen LogP contribution >= 0.6 is 23.4 Å². The van der Waals surface area contributed by atoms with Gasteiger partial charge in [-0.15, -0.1) is 11.8 Å². The number of allylic oxidation sites excluding steroid dienone is 2. The molecule has 0 aromatic heterocycles. The third kappa shape index (κ3) is 2.72. The zero-order valence-corrected chi connectivity index (χ0v) is 10.5. The van der Waals surface area contributed by atoms with Gasteiger partial charge in [-0.25, -0.2) is 0 Å². The number of alkyl halides is 3. The van der Waals surface area contributed by atoms with E-state index in [1.807, 2.05) is 0 Å². The third-order valence-electron chi connectivity index (χ3n) is 2.61. The van der Waals surface area contributed by atoms with E-state index in [0.29, 0.717) is 17.3 Å². The van der Waals surface area contributed by atoms with E-state index in [4.69, 9.17) is 11.6 Å². The van der Waals surface area contributed by atoms with Gasteiger partial charge in [0.25, 0.3) is 5.24 Å². The molecule has 1 aliphatic rings. The van der Waals surface area contributed by atoms with Crippen LogP contribution in [0.25, 0.3) is 0 Å². The summed E-state index contributed by atoms with van der Waals surface area (Å²) in [5.41, 5.74) is 0.528. The van der Waals surface area contributed by atoms with E-state index in [-0.39, 0.29) is 4.91 Å². The fraction of sp³-hybridized carbons (Fsp3) is 0.250. The van der Waals surface area contributed by atoms with Gasteiger partial charge in [-0.05, 0) is 17.2 Å². The quantitative estimate of drug-likeness (QED) is 0.764. The summed E-state index contributed by atoms with van der Waals surface area (Å²) in [4.78, 5) is 11.0. The van der Waals surface area contributed by atoms with Gasteiger partial charge in [-0.2, -0.15) is 13.2 Å². The molecule has 0 amide bonds. The highest BCUT2D eigenvalue weighted by molar-refractivity contribution is 8.05. The average molecular weight is 293 g/mol. The summed E-state index contributed by atoms with van der Waals surface area (Å²) in [6.45, 7) is 0. The Kier molecular flexibility index (Phi) is 3.73. The number of halogens is 4. The van der Waals surface area contributed by atoms with Crippen LogP contribution in [0, 0.1) is 0 Å². The second kappa shape index (κ2) is 4.97. The van der Waals surface area contributed by atoms with Gasteiger partial charge >= 0.3 is 6.18 Å². The minimum atomic E-state index is -4.38.